The van der Waals surface area contributed by atoms with E-state index in [1.807, 2.05) is 78.9 Å². The van der Waals surface area contributed by atoms with E-state index in [9.17, 15) is 13.8 Å². The van der Waals surface area contributed by atoms with Gasteiger partial charge < -0.3 is 4.74 Å². The van der Waals surface area contributed by atoms with Gasteiger partial charge in [0.15, 0.2) is 6.10 Å². The number of ether oxygens (including phenoxy) is 1. The van der Waals surface area contributed by atoms with Gasteiger partial charge in [-0.2, -0.15) is 0 Å². The first kappa shape index (κ1) is 20.6. The van der Waals surface area contributed by atoms with Gasteiger partial charge in [0, 0.05) is 16.2 Å². The number of hydrogen-bond donors (Lipinski definition) is 0. The molecule has 0 bridgehead atoms. The molecular formula is C27H22O4S. The Bertz CT molecular complexity index is 1160. The van der Waals surface area contributed by atoms with Crippen molar-refractivity contribution < 1.29 is 18.5 Å². The molecule has 0 saturated heterocycles. The summed E-state index contributed by atoms with van der Waals surface area (Å²) in [4.78, 5) is 27.1. The first-order valence-corrected chi connectivity index (χ1v) is 11.8. The van der Waals surface area contributed by atoms with Gasteiger partial charge in [-0.1, -0.05) is 78.9 Å². The van der Waals surface area contributed by atoms with Crippen LogP contribution in [0.2, 0.25) is 0 Å². The lowest BCUT2D eigenvalue weighted by molar-refractivity contribution is -0.146. The summed E-state index contributed by atoms with van der Waals surface area (Å²) >= 11 is 0. The highest BCUT2D eigenvalue weighted by Gasteiger charge is 2.52. The zero-order valence-electron chi connectivity index (χ0n) is 17.3. The van der Waals surface area contributed by atoms with Crippen molar-refractivity contribution in [2.45, 2.75) is 23.8 Å². The van der Waals surface area contributed by atoms with E-state index >= 15 is 0 Å². The van der Waals surface area contributed by atoms with E-state index in [4.69, 9.17) is 4.74 Å². The highest BCUT2D eigenvalue weighted by molar-refractivity contribution is 7.89. The molecule has 3 aromatic carbocycles. The predicted molar refractivity (Wildman–Crippen MR) is 122 cm³/mol. The third kappa shape index (κ3) is 3.73. The number of carbonyl (C=O) groups excluding carboxylic acids is 2. The summed E-state index contributed by atoms with van der Waals surface area (Å²) in [5, 5.41) is 0. The zero-order valence-corrected chi connectivity index (χ0v) is 18.2. The summed E-state index contributed by atoms with van der Waals surface area (Å²) in [6.07, 6.45) is 0.305. The van der Waals surface area contributed by atoms with E-state index in [-0.39, 0.29) is 11.7 Å². The number of hydrogen-bond acceptors (Lipinski definition) is 4. The summed E-state index contributed by atoms with van der Waals surface area (Å²) in [5.74, 6) is -0.988. The minimum atomic E-state index is -1.50. The maximum Gasteiger partial charge on any atom is 0.336 e. The minimum absolute atomic E-state index is 0.0259. The van der Waals surface area contributed by atoms with Crippen LogP contribution in [0.1, 0.15) is 30.1 Å². The first-order chi connectivity index (χ1) is 15.6. The molecule has 160 valence electrons. The average molecular weight is 443 g/mol. The Morgan fingerprint density at radius 3 is 1.88 bits per heavy atom. The number of esters is 1. The highest BCUT2D eigenvalue weighted by atomic mass is 32.2. The van der Waals surface area contributed by atoms with Crippen LogP contribution < -0.4 is 0 Å². The second kappa shape index (κ2) is 8.67. The van der Waals surface area contributed by atoms with Crippen LogP contribution in [-0.4, -0.2) is 16.0 Å². The summed E-state index contributed by atoms with van der Waals surface area (Å²) in [5.41, 5.74) is 1.98. The number of ketones is 1. The molecule has 2 aliphatic rings. The molecule has 4 nitrogen and oxygen atoms in total. The van der Waals surface area contributed by atoms with Crippen LogP contribution in [-0.2, 0) is 25.1 Å². The SMILES string of the molecule is O=C(OC(c1ccccc1)c1ccccc1)C1=C(S(=O)c2ccccc2)CC2CC(=O)C12. The third-order valence-electron chi connectivity index (χ3n) is 6.17. The number of Topliss-reactive ketones (excluding diaryl/α,β-unsaturated/α-hetero) is 1. The molecule has 1 fully saturated rings. The van der Waals surface area contributed by atoms with Crippen LogP contribution in [0.3, 0.4) is 0 Å². The quantitative estimate of drug-likeness (QED) is 0.505. The lowest BCUT2D eigenvalue weighted by Crippen LogP contribution is -2.37. The van der Waals surface area contributed by atoms with Crippen LogP contribution in [0.4, 0.5) is 0 Å². The van der Waals surface area contributed by atoms with Crippen molar-refractivity contribution in [3.63, 3.8) is 0 Å². The molecule has 2 aliphatic carbocycles. The number of allylic oxidation sites excluding steroid dienone is 1. The maximum atomic E-state index is 13.5. The van der Waals surface area contributed by atoms with Crippen molar-refractivity contribution in [1.82, 2.24) is 0 Å². The molecule has 3 atom stereocenters. The summed E-state index contributed by atoms with van der Waals surface area (Å²) in [7, 11) is -1.50. The molecule has 3 aromatic rings. The molecule has 0 radical (unpaired) electrons. The molecule has 5 heteroatoms. The Balaban J connectivity index is 1.52. The third-order valence-corrected chi connectivity index (χ3v) is 7.71. The molecule has 1 saturated carbocycles. The molecule has 0 heterocycles. The van der Waals surface area contributed by atoms with Crippen molar-refractivity contribution in [3.05, 3.63) is 113 Å². The van der Waals surface area contributed by atoms with Gasteiger partial charge in [-0.3, -0.25) is 4.79 Å². The Kier molecular flexibility index (Phi) is 5.58. The van der Waals surface area contributed by atoms with Crippen molar-refractivity contribution in [3.8, 4) is 0 Å². The summed E-state index contributed by atoms with van der Waals surface area (Å²) < 4.78 is 19.4. The number of rotatable bonds is 6. The summed E-state index contributed by atoms with van der Waals surface area (Å²) in [6.45, 7) is 0. The van der Waals surface area contributed by atoms with Crippen LogP contribution in [0.25, 0.3) is 0 Å². The molecule has 0 N–H and O–H groups in total. The van der Waals surface area contributed by atoms with Crippen LogP contribution in [0.5, 0.6) is 0 Å². The van der Waals surface area contributed by atoms with Crippen molar-refractivity contribution in [2.75, 3.05) is 0 Å². The molecule has 32 heavy (non-hydrogen) atoms. The van der Waals surface area contributed by atoms with Gasteiger partial charge in [0.1, 0.15) is 5.78 Å². The predicted octanol–water partition coefficient (Wildman–Crippen LogP) is 4.99. The van der Waals surface area contributed by atoms with E-state index in [1.165, 1.54) is 0 Å². The second-order valence-corrected chi connectivity index (χ2v) is 9.64. The van der Waals surface area contributed by atoms with E-state index in [2.05, 4.69) is 0 Å². The van der Waals surface area contributed by atoms with E-state index in [0.29, 0.717) is 28.2 Å². The maximum absolute atomic E-state index is 13.5. The Labute approximate surface area is 189 Å². The molecular weight excluding hydrogens is 420 g/mol. The van der Waals surface area contributed by atoms with Gasteiger partial charge in [0.2, 0.25) is 0 Å². The van der Waals surface area contributed by atoms with Gasteiger partial charge in [-0.15, -0.1) is 0 Å². The number of benzene rings is 3. The normalized spacial score (nSPS) is 20.6. The fourth-order valence-corrected chi connectivity index (χ4v) is 6.04. The number of fused-ring (bicyclic) bond motifs is 1. The fourth-order valence-electron chi connectivity index (χ4n) is 4.57. The van der Waals surface area contributed by atoms with Gasteiger partial charge >= 0.3 is 5.97 Å². The van der Waals surface area contributed by atoms with E-state index in [0.717, 1.165) is 11.1 Å². The fraction of sp³-hybridized carbons (Fsp3) is 0.185. The lowest BCUT2D eigenvalue weighted by Gasteiger charge is -2.30. The number of carbonyl (C=O) groups is 2. The van der Waals surface area contributed by atoms with Crippen LogP contribution in [0.15, 0.2) is 106 Å². The standard InChI is InChI=1S/C27H22O4S/c28-22-16-20-17-23(32(30)21-14-8-3-9-15-21)25(24(20)22)27(29)31-26(18-10-4-1-5-11-18)19-12-6-2-7-13-19/h1-15,20,24,26H,16-17H2. The second-order valence-electron chi connectivity index (χ2n) is 8.14. The highest BCUT2D eigenvalue weighted by Crippen LogP contribution is 2.50. The smallest absolute Gasteiger partial charge is 0.336 e. The summed E-state index contributed by atoms with van der Waals surface area (Å²) in [6, 6.07) is 28.1. The molecule has 0 spiro atoms. The van der Waals surface area contributed by atoms with Gasteiger partial charge in [0.25, 0.3) is 0 Å². The zero-order chi connectivity index (χ0) is 22.1. The Hall–Kier alpha value is -3.31. The monoisotopic (exact) mass is 442 g/mol. The van der Waals surface area contributed by atoms with Crippen LogP contribution in [0, 0.1) is 11.8 Å². The molecule has 3 unspecified atom stereocenters. The van der Waals surface area contributed by atoms with Crippen molar-refractivity contribution in [2.24, 2.45) is 11.8 Å². The molecule has 0 aliphatic heterocycles. The van der Waals surface area contributed by atoms with E-state index < -0.39 is 28.8 Å². The molecule has 0 aromatic heterocycles. The largest absolute Gasteiger partial charge is 0.449 e. The lowest BCUT2D eigenvalue weighted by atomic mass is 9.72. The first-order valence-electron chi connectivity index (χ1n) is 10.7. The Morgan fingerprint density at radius 1 is 0.812 bits per heavy atom. The van der Waals surface area contributed by atoms with Gasteiger partial charge in [-0.25, -0.2) is 9.00 Å². The van der Waals surface area contributed by atoms with Crippen molar-refractivity contribution in [1.29, 1.82) is 0 Å². The topological polar surface area (TPSA) is 60.4 Å². The van der Waals surface area contributed by atoms with Gasteiger partial charge in [0.05, 0.1) is 22.3 Å². The minimum Gasteiger partial charge on any atom is -0.449 e. The van der Waals surface area contributed by atoms with Crippen molar-refractivity contribution >= 4 is 22.6 Å². The molecule has 5 rings (SSSR count). The van der Waals surface area contributed by atoms with Crippen LogP contribution >= 0.6 is 0 Å². The molecule has 0 amide bonds. The van der Waals surface area contributed by atoms with Gasteiger partial charge in [-0.05, 0) is 35.6 Å². The van der Waals surface area contributed by atoms with E-state index in [1.54, 1.807) is 12.1 Å². The average Bonchev–Trinajstić information content (AvgIpc) is 3.16. The Morgan fingerprint density at radius 2 is 1.34 bits per heavy atom.